The van der Waals surface area contributed by atoms with Crippen LogP contribution in [0, 0.1) is 5.92 Å². The maximum atomic E-state index is 5.58. The van der Waals surface area contributed by atoms with Crippen molar-refractivity contribution in [3.05, 3.63) is 42.5 Å². The zero-order valence-corrected chi connectivity index (χ0v) is 12.1. The van der Waals surface area contributed by atoms with Crippen molar-refractivity contribution < 1.29 is 4.42 Å². The van der Waals surface area contributed by atoms with E-state index in [-0.39, 0.29) is 0 Å². The summed E-state index contributed by atoms with van der Waals surface area (Å²) >= 11 is 0. The van der Waals surface area contributed by atoms with Crippen LogP contribution in [0.4, 0.5) is 0 Å². The Morgan fingerprint density at radius 1 is 1.33 bits per heavy atom. The van der Waals surface area contributed by atoms with Gasteiger partial charge in [-0.2, -0.15) is 0 Å². The number of hydrogen-bond acceptors (Lipinski definition) is 4. The van der Waals surface area contributed by atoms with Crippen LogP contribution in [0.3, 0.4) is 0 Å². The molecule has 1 aliphatic heterocycles. The molecule has 108 valence electrons. The summed E-state index contributed by atoms with van der Waals surface area (Å²) < 4.78 is 7.63. The molecular weight excluding hydrogens is 264 g/mol. The number of rotatable bonds is 3. The highest BCUT2D eigenvalue weighted by molar-refractivity contribution is 5.73. The van der Waals surface area contributed by atoms with Crippen molar-refractivity contribution >= 4 is 11.2 Å². The Bertz CT molecular complexity index is 747. The summed E-state index contributed by atoms with van der Waals surface area (Å²) in [6, 6.07) is 7.79. The molecule has 1 saturated heterocycles. The molecule has 0 aromatic carbocycles. The van der Waals surface area contributed by atoms with Gasteiger partial charge in [0.15, 0.2) is 5.65 Å². The van der Waals surface area contributed by atoms with E-state index in [1.807, 2.05) is 28.8 Å². The van der Waals surface area contributed by atoms with Crippen LogP contribution in [-0.2, 0) is 6.42 Å². The first-order valence-corrected chi connectivity index (χ1v) is 7.36. The Hall–Kier alpha value is -2.14. The van der Waals surface area contributed by atoms with E-state index in [1.54, 1.807) is 12.5 Å². The number of fused-ring (bicyclic) bond motifs is 1. The number of hydrogen-bond donors (Lipinski definition) is 0. The average Bonchev–Trinajstić information content (AvgIpc) is 3.18. The summed E-state index contributed by atoms with van der Waals surface area (Å²) in [7, 11) is 2.18. The maximum Gasteiger partial charge on any atom is 0.206 e. The largest absolute Gasteiger partial charge is 0.448 e. The minimum atomic E-state index is 0.653. The minimum absolute atomic E-state index is 0.653. The Morgan fingerprint density at radius 2 is 2.29 bits per heavy atom. The zero-order valence-electron chi connectivity index (χ0n) is 12.1. The molecule has 3 aromatic rings. The second-order valence-electron chi connectivity index (χ2n) is 5.78. The van der Waals surface area contributed by atoms with Crippen molar-refractivity contribution in [1.29, 1.82) is 0 Å². The molecule has 1 aliphatic rings. The van der Waals surface area contributed by atoms with Crippen LogP contribution in [0.2, 0.25) is 0 Å². The fourth-order valence-electron chi connectivity index (χ4n) is 3.18. The minimum Gasteiger partial charge on any atom is -0.448 e. The van der Waals surface area contributed by atoms with Gasteiger partial charge in [0.2, 0.25) is 5.88 Å². The smallest absolute Gasteiger partial charge is 0.206 e. The second kappa shape index (κ2) is 5.00. The van der Waals surface area contributed by atoms with E-state index in [0.29, 0.717) is 5.92 Å². The molecule has 0 saturated carbocycles. The van der Waals surface area contributed by atoms with Crippen molar-refractivity contribution in [2.24, 2.45) is 5.92 Å². The molecule has 0 amide bonds. The summed E-state index contributed by atoms with van der Waals surface area (Å²) in [6.07, 6.45) is 5.68. The van der Waals surface area contributed by atoms with E-state index in [1.165, 1.54) is 13.0 Å². The molecule has 21 heavy (non-hydrogen) atoms. The first-order valence-electron chi connectivity index (χ1n) is 7.36. The number of likely N-dealkylation sites (tertiary alicyclic amines) is 1. The summed E-state index contributed by atoms with van der Waals surface area (Å²) in [5.41, 5.74) is 1.80. The highest BCUT2D eigenvalue weighted by atomic mass is 16.3. The van der Waals surface area contributed by atoms with E-state index in [4.69, 9.17) is 9.40 Å². The van der Waals surface area contributed by atoms with Gasteiger partial charge in [-0.1, -0.05) is 0 Å². The van der Waals surface area contributed by atoms with Crippen LogP contribution in [0.1, 0.15) is 12.2 Å². The highest BCUT2D eigenvalue weighted by Gasteiger charge is 2.23. The molecule has 5 nitrogen and oxygen atoms in total. The van der Waals surface area contributed by atoms with Gasteiger partial charge in [0.05, 0.1) is 6.26 Å². The van der Waals surface area contributed by atoms with Crippen LogP contribution in [0.15, 0.2) is 41.1 Å². The monoisotopic (exact) mass is 282 g/mol. The standard InChI is InChI=1S/C16H18N4O/c1-19-8-6-12(11-19)10-14-18-13-4-2-7-17-16(13)20(14)15-5-3-9-21-15/h2-5,7,9,12H,6,8,10-11H2,1H3. The van der Waals surface area contributed by atoms with E-state index >= 15 is 0 Å². The Morgan fingerprint density at radius 3 is 3.05 bits per heavy atom. The molecule has 0 N–H and O–H groups in total. The lowest BCUT2D eigenvalue weighted by atomic mass is 10.0. The molecule has 1 fully saturated rings. The highest BCUT2D eigenvalue weighted by Crippen LogP contribution is 2.25. The van der Waals surface area contributed by atoms with Crippen LogP contribution < -0.4 is 0 Å². The van der Waals surface area contributed by atoms with Crippen molar-refractivity contribution in [2.45, 2.75) is 12.8 Å². The van der Waals surface area contributed by atoms with E-state index in [0.717, 1.165) is 35.8 Å². The molecule has 0 radical (unpaired) electrons. The molecule has 4 heterocycles. The van der Waals surface area contributed by atoms with E-state index in [2.05, 4.69) is 16.9 Å². The quantitative estimate of drug-likeness (QED) is 0.740. The van der Waals surface area contributed by atoms with E-state index in [9.17, 15) is 0 Å². The fourth-order valence-corrected chi connectivity index (χ4v) is 3.18. The van der Waals surface area contributed by atoms with Crippen molar-refractivity contribution in [3.8, 4) is 5.88 Å². The average molecular weight is 282 g/mol. The Balaban J connectivity index is 1.78. The normalized spacial score (nSPS) is 19.6. The van der Waals surface area contributed by atoms with Gasteiger partial charge in [0, 0.05) is 25.2 Å². The first-order chi connectivity index (χ1) is 10.3. The van der Waals surface area contributed by atoms with Gasteiger partial charge in [-0.3, -0.25) is 0 Å². The van der Waals surface area contributed by atoms with Crippen LogP contribution in [-0.4, -0.2) is 39.6 Å². The molecule has 4 rings (SSSR count). The predicted octanol–water partition coefficient (Wildman–Crippen LogP) is 2.51. The molecule has 5 heteroatoms. The molecular formula is C16H18N4O. The van der Waals surface area contributed by atoms with Gasteiger partial charge >= 0.3 is 0 Å². The number of aromatic nitrogens is 3. The third-order valence-corrected chi connectivity index (χ3v) is 4.17. The van der Waals surface area contributed by atoms with Gasteiger partial charge in [-0.15, -0.1) is 0 Å². The van der Waals surface area contributed by atoms with Crippen molar-refractivity contribution in [1.82, 2.24) is 19.4 Å². The van der Waals surface area contributed by atoms with Crippen LogP contribution >= 0.6 is 0 Å². The Kier molecular flexibility index (Phi) is 3.00. The number of furan rings is 1. The summed E-state index contributed by atoms with van der Waals surface area (Å²) in [4.78, 5) is 11.6. The lowest BCUT2D eigenvalue weighted by Gasteiger charge is -2.11. The number of pyridine rings is 1. The van der Waals surface area contributed by atoms with E-state index < -0.39 is 0 Å². The molecule has 0 spiro atoms. The maximum absolute atomic E-state index is 5.58. The van der Waals surface area contributed by atoms with Gasteiger partial charge in [0.25, 0.3) is 0 Å². The lowest BCUT2D eigenvalue weighted by Crippen LogP contribution is -2.16. The van der Waals surface area contributed by atoms with Gasteiger partial charge < -0.3 is 9.32 Å². The van der Waals surface area contributed by atoms with Gasteiger partial charge in [-0.25, -0.2) is 14.5 Å². The topological polar surface area (TPSA) is 47.1 Å². The summed E-state index contributed by atoms with van der Waals surface area (Å²) in [6.45, 7) is 2.30. The van der Waals surface area contributed by atoms with Gasteiger partial charge in [0.1, 0.15) is 11.3 Å². The third-order valence-electron chi connectivity index (χ3n) is 4.17. The molecule has 1 atom stereocenters. The van der Waals surface area contributed by atoms with Gasteiger partial charge in [-0.05, 0) is 44.1 Å². The van der Waals surface area contributed by atoms with Crippen LogP contribution in [0.5, 0.6) is 0 Å². The van der Waals surface area contributed by atoms with Crippen LogP contribution in [0.25, 0.3) is 17.0 Å². The SMILES string of the molecule is CN1CCC(Cc2nc3cccnc3n2-c2ccco2)C1. The molecule has 1 unspecified atom stereocenters. The first kappa shape index (κ1) is 12.6. The van der Waals surface area contributed by atoms with Crippen molar-refractivity contribution in [2.75, 3.05) is 20.1 Å². The molecule has 0 aliphatic carbocycles. The number of nitrogens with zero attached hydrogens (tertiary/aromatic N) is 4. The second-order valence-corrected chi connectivity index (χ2v) is 5.78. The molecule has 3 aromatic heterocycles. The number of imidazole rings is 1. The van der Waals surface area contributed by atoms with Crippen molar-refractivity contribution in [3.63, 3.8) is 0 Å². The molecule has 0 bridgehead atoms. The zero-order chi connectivity index (χ0) is 14.2. The summed E-state index contributed by atoms with van der Waals surface area (Å²) in [5, 5.41) is 0. The summed E-state index contributed by atoms with van der Waals surface area (Å²) in [5.74, 6) is 2.48. The fraction of sp³-hybridized carbons (Fsp3) is 0.375. The Labute approximate surface area is 123 Å². The predicted molar refractivity (Wildman–Crippen MR) is 80.4 cm³/mol. The lowest BCUT2D eigenvalue weighted by molar-refractivity contribution is 0.392. The third kappa shape index (κ3) is 2.23.